The van der Waals surface area contributed by atoms with Crippen molar-refractivity contribution in [1.82, 2.24) is 0 Å². The van der Waals surface area contributed by atoms with Gasteiger partial charge >= 0.3 is 5.97 Å². The molecule has 0 saturated heterocycles. The van der Waals surface area contributed by atoms with E-state index < -0.39 is 0 Å². The summed E-state index contributed by atoms with van der Waals surface area (Å²) < 4.78 is 5.43. The fourth-order valence-corrected chi connectivity index (χ4v) is 2.21. The van der Waals surface area contributed by atoms with Crippen molar-refractivity contribution in [1.29, 1.82) is 0 Å². The number of ether oxygens (including phenoxy) is 1. The molecule has 0 amide bonds. The van der Waals surface area contributed by atoms with Crippen molar-refractivity contribution in [2.24, 2.45) is 5.92 Å². The molecule has 1 unspecified atom stereocenters. The van der Waals surface area contributed by atoms with Gasteiger partial charge in [-0.05, 0) is 31.6 Å². The van der Waals surface area contributed by atoms with Crippen LogP contribution in [0.25, 0.3) is 0 Å². The van der Waals surface area contributed by atoms with Crippen molar-refractivity contribution >= 4 is 5.97 Å². The first-order chi connectivity index (χ1) is 6.77. The van der Waals surface area contributed by atoms with Gasteiger partial charge in [-0.1, -0.05) is 26.7 Å². The van der Waals surface area contributed by atoms with Crippen molar-refractivity contribution in [3.8, 4) is 0 Å². The standard InChI is InChI=1S/C12H21O2/c1-3-7-12(13)14-11(4-2)10-8-5-6-9-10/h7,10-11H,3-6,8-9H2,1-2H3. The van der Waals surface area contributed by atoms with Gasteiger partial charge in [0, 0.05) is 0 Å². The molecule has 81 valence electrons. The number of rotatable bonds is 5. The van der Waals surface area contributed by atoms with E-state index in [0.717, 1.165) is 12.8 Å². The van der Waals surface area contributed by atoms with E-state index in [2.05, 4.69) is 6.92 Å². The molecule has 0 aromatic carbocycles. The third-order valence-corrected chi connectivity index (χ3v) is 2.97. The van der Waals surface area contributed by atoms with E-state index in [4.69, 9.17) is 4.74 Å². The van der Waals surface area contributed by atoms with Crippen LogP contribution in [-0.2, 0) is 9.53 Å². The van der Waals surface area contributed by atoms with Gasteiger partial charge in [0.15, 0.2) is 0 Å². The van der Waals surface area contributed by atoms with Gasteiger partial charge in [-0.25, -0.2) is 0 Å². The van der Waals surface area contributed by atoms with E-state index in [9.17, 15) is 4.79 Å². The lowest BCUT2D eigenvalue weighted by molar-refractivity contribution is -0.147. The number of esters is 1. The van der Waals surface area contributed by atoms with Gasteiger partial charge in [0.25, 0.3) is 0 Å². The number of carbonyl (C=O) groups is 1. The fourth-order valence-electron chi connectivity index (χ4n) is 2.21. The average Bonchev–Trinajstić information content (AvgIpc) is 2.67. The molecule has 1 aliphatic carbocycles. The van der Waals surface area contributed by atoms with Gasteiger partial charge in [-0.3, -0.25) is 4.79 Å². The van der Waals surface area contributed by atoms with Crippen LogP contribution in [-0.4, -0.2) is 12.1 Å². The Balaban J connectivity index is 2.33. The molecule has 0 aromatic rings. The van der Waals surface area contributed by atoms with Crippen molar-refractivity contribution in [3.63, 3.8) is 0 Å². The fraction of sp³-hybridized carbons (Fsp3) is 0.833. The maximum atomic E-state index is 11.3. The van der Waals surface area contributed by atoms with Crippen LogP contribution in [0.1, 0.15) is 52.4 Å². The van der Waals surface area contributed by atoms with Crippen molar-refractivity contribution < 1.29 is 9.53 Å². The Morgan fingerprint density at radius 2 is 2.07 bits per heavy atom. The molecule has 1 aliphatic rings. The lowest BCUT2D eigenvalue weighted by Gasteiger charge is -2.22. The Labute approximate surface area is 87.0 Å². The Morgan fingerprint density at radius 1 is 1.43 bits per heavy atom. The Morgan fingerprint density at radius 3 is 2.57 bits per heavy atom. The summed E-state index contributed by atoms with van der Waals surface area (Å²) in [4.78, 5) is 11.3. The minimum Gasteiger partial charge on any atom is -0.462 e. The van der Waals surface area contributed by atoms with E-state index >= 15 is 0 Å². The average molecular weight is 197 g/mol. The van der Waals surface area contributed by atoms with Crippen LogP contribution in [0.15, 0.2) is 0 Å². The molecular weight excluding hydrogens is 176 g/mol. The number of carbonyl (C=O) groups excluding carboxylic acids is 1. The first-order valence-corrected chi connectivity index (χ1v) is 5.81. The highest BCUT2D eigenvalue weighted by molar-refractivity contribution is 5.78. The molecule has 1 fully saturated rings. The van der Waals surface area contributed by atoms with Gasteiger partial charge in [-0.2, -0.15) is 0 Å². The van der Waals surface area contributed by atoms with Crippen LogP contribution < -0.4 is 0 Å². The van der Waals surface area contributed by atoms with Gasteiger partial charge in [-0.15, -0.1) is 0 Å². The second kappa shape index (κ2) is 6.05. The SMILES string of the molecule is CC[CH]C(=O)OC(CC)C1CCCC1. The molecular formula is C12H21O2. The van der Waals surface area contributed by atoms with E-state index in [-0.39, 0.29) is 12.1 Å². The van der Waals surface area contributed by atoms with Crippen LogP contribution in [0.4, 0.5) is 0 Å². The Kier molecular flexibility index (Phi) is 4.99. The van der Waals surface area contributed by atoms with Crippen molar-refractivity contribution in [2.45, 2.75) is 58.5 Å². The lowest BCUT2D eigenvalue weighted by Crippen LogP contribution is -2.24. The summed E-state index contributed by atoms with van der Waals surface area (Å²) in [7, 11) is 0. The Hall–Kier alpha value is -0.530. The summed E-state index contributed by atoms with van der Waals surface area (Å²) >= 11 is 0. The second-order valence-electron chi connectivity index (χ2n) is 4.04. The summed E-state index contributed by atoms with van der Waals surface area (Å²) in [5.74, 6) is 0.487. The summed E-state index contributed by atoms with van der Waals surface area (Å²) in [6.45, 7) is 4.06. The Bertz CT molecular complexity index is 171. The van der Waals surface area contributed by atoms with E-state index in [1.165, 1.54) is 25.7 Å². The zero-order valence-corrected chi connectivity index (χ0v) is 9.29. The highest BCUT2D eigenvalue weighted by atomic mass is 16.5. The third kappa shape index (κ3) is 3.32. The first-order valence-electron chi connectivity index (χ1n) is 5.81. The topological polar surface area (TPSA) is 26.3 Å². The quantitative estimate of drug-likeness (QED) is 0.633. The van der Waals surface area contributed by atoms with Crippen LogP contribution in [0.5, 0.6) is 0 Å². The van der Waals surface area contributed by atoms with E-state index in [1.54, 1.807) is 6.42 Å². The predicted octanol–water partition coefficient (Wildman–Crippen LogP) is 3.11. The predicted molar refractivity (Wildman–Crippen MR) is 56.7 cm³/mol. The molecule has 2 nitrogen and oxygen atoms in total. The molecule has 1 saturated carbocycles. The molecule has 0 aliphatic heterocycles. The van der Waals surface area contributed by atoms with Gasteiger partial charge in [0.2, 0.25) is 0 Å². The van der Waals surface area contributed by atoms with E-state index in [1.807, 2.05) is 6.92 Å². The van der Waals surface area contributed by atoms with Crippen LogP contribution in [0.2, 0.25) is 0 Å². The summed E-state index contributed by atoms with van der Waals surface area (Å²) in [6, 6.07) is 0. The minimum absolute atomic E-state index is 0.133. The van der Waals surface area contributed by atoms with Gasteiger partial charge in [0.1, 0.15) is 6.10 Å². The largest absolute Gasteiger partial charge is 0.462 e. The third-order valence-electron chi connectivity index (χ3n) is 2.97. The first kappa shape index (κ1) is 11.5. The zero-order valence-electron chi connectivity index (χ0n) is 9.29. The van der Waals surface area contributed by atoms with Crippen molar-refractivity contribution in [2.75, 3.05) is 0 Å². The molecule has 0 bridgehead atoms. The second-order valence-corrected chi connectivity index (χ2v) is 4.04. The van der Waals surface area contributed by atoms with Gasteiger partial charge in [0.05, 0.1) is 6.42 Å². The van der Waals surface area contributed by atoms with Gasteiger partial charge < -0.3 is 4.74 Å². The van der Waals surface area contributed by atoms with E-state index in [0.29, 0.717) is 5.92 Å². The number of hydrogen-bond donors (Lipinski definition) is 0. The highest BCUT2D eigenvalue weighted by Gasteiger charge is 2.26. The molecule has 0 N–H and O–H groups in total. The molecule has 2 heteroatoms. The normalized spacial score (nSPS) is 19.6. The monoisotopic (exact) mass is 197 g/mol. The number of hydrogen-bond acceptors (Lipinski definition) is 2. The maximum Gasteiger partial charge on any atom is 0.310 e. The zero-order chi connectivity index (χ0) is 10.4. The van der Waals surface area contributed by atoms with Crippen LogP contribution in [0, 0.1) is 12.3 Å². The molecule has 14 heavy (non-hydrogen) atoms. The summed E-state index contributed by atoms with van der Waals surface area (Å²) in [5.41, 5.74) is 0. The molecule has 1 atom stereocenters. The van der Waals surface area contributed by atoms with Crippen LogP contribution >= 0.6 is 0 Å². The molecule has 0 heterocycles. The molecule has 0 spiro atoms. The highest BCUT2D eigenvalue weighted by Crippen LogP contribution is 2.30. The minimum atomic E-state index is -0.133. The lowest BCUT2D eigenvalue weighted by atomic mass is 9.99. The summed E-state index contributed by atoms with van der Waals surface area (Å²) in [5, 5.41) is 0. The molecule has 0 aromatic heterocycles. The maximum absolute atomic E-state index is 11.3. The van der Waals surface area contributed by atoms with Crippen molar-refractivity contribution in [3.05, 3.63) is 6.42 Å². The van der Waals surface area contributed by atoms with Crippen LogP contribution in [0.3, 0.4) is 0 Å². The summed E-state index contributed by atoms with van der Waals surface area (Å²) in [6.07, 6.45) is 8.57. The smallest absolute Gasteiger partial charge is 0.310 e. The molecule has 1 radical (unpaired) electrons. The molecule has 1 rings (SSSR count).